The van der Waals surface area contributed by atoms with E-state index in [4.69, 9.17) is 4.74 Å². The number of carbonyl (C=O) groups excluding carboxylic acids is 1. The highest BCUT2D eigenvalue weighted by Gasteiger charge is 2.31. The number of hydrogen-bond acceptors (Lipinski definition) is 2. The van der Waals surface area contributed by atoms with Crippen molar-refractivity contribution in [1.29, 1.82) is 0 Å². The molecule has 0 amide bonds. The molecule has 0 saturated heterocycles. The molecular formula is C17H14O2. The fourth-order valence-electron chi connectivity index (χ4n) is 2.38. The highest BCUT2D eigenvalue weighted by Crippen LogP contribution is 2.37. The van der Waals surface area contributed by atoms with Crippen LogP contribution in [0.5, 0.6) is 5.75 Å². The van der Waals surface area contributed by atoms with Crippen LogP contribution in [0.15, 0.2) is 66.2 Å². The molecule has 0 aromatic heterocycles. The van der Waals surface area contributed by atoms with Gasteiger partial charge in [0.25, 0.3) is 0 Å². The Kier molecular flexibility index (Phi) is 2.92. The molecule has 0 bridgehead atoms. The molecule has 1 unspecified atom stereocenters. The van der Waals surface area contributed by atoms with Crippen molar-refractivity contribution in [3.63, 3.8) is 0 Å². The van der Waals surface area contributed by atoms with Crippen LogP contribution >= 0.6 is 0 Å². The molecular weight excluding hydrogens is 236 g/mol. The van der Waals surface area contributed by atoms with E-state index in [1.807, 2.05) is 67.6 Å². The number of carbonyl (C=O) groups is 1. The highest BCUT2D eigenvalue weighted by molar-refractivity contribution is 6.12. The molecule has 0 saturated carbocycles. The fraction of sp³-hybridized carbons (Fsp3) is 0.118. The first-order valence-electron chi connectivity index (χ1n) is 6.33. The third-order valence-corrected chi connectivity index (χ3v) is 3.33. The van der Waals surface area contributed by atoms with Gasteiger partial charge in [-0.05, 0) is 24.6 Å². The first-order chi connectivity index (χ1) is 9.31. The minimum absolute atomic E-state index is 0.0539. The van der Waals surface area contributed by atoms with Gasteiger partial charge in [-0.1, -0.05) is 48.5 Å². The number of allylic oxidation sites excluding steroid dienone is 1. The summed E-state index contributed by atoms with van der Waals surface area (Å²) in [5.74, 6) is 0.713. The summed E-state index contributed by atoms with van der Waals surface area (Å²) in [5.41, 5.74) is 2.34. The number of benzene rings is 2. The predicted octanol–water partition coefficient (Wildman–Crippen LogP) is 3.95. The Bertz CT molecular complexity index is 641. The Labute approximate surface area is 112 Å². The average Bonchev–Trinajstić information content (AvgIpc) is 2.48. The summed E-state index contributed by atoms with van der Waals surface area (Å²) in [7, 11) is 0. The van der Waals surface area contributed by atoms with Crippen LogP contribution in [0.4, 0.5) is 0 Å². The molecule has 0 fully saturated rings. The summed E-state index contributed by atoms with van der Waals surface area (Å²) >= 11 is 0. The van der Waals surface area contributed by atoms with Gasteiger partial charge in [-0.2, -0.15) is 0 Å². The smallest absolute Gasteiger partial charge is 0.196 e. The van der Waals surface area contributed by atoms with Crippen LogP contribution < -0.4 is 4.74 Å². The van der Waals surface area contributed by atoms with E-state index in [9.17, 15) is 4.79 Å². The van der Waals surface area contributed by atoms with E-state index in [0.717, 1.165) is 5.56 Å². The molecule has 2 heteroatoms. The number of fused-ring (bicyclic) bond motifs is 1. The van der Waals surface area contributed by atoms with Crippen molar-refractivity contribution < 1.29 is 9.53 Å². The van der Waals surface area contributed by atoms with Gasteiger partial charge in [-0.3, -0.25) is 4.79 Å². The quantitative estimate of drug-likeness (QED) is 0.716. The molecule has 94 valence electrons. The summed E-state index contributed by atoms with van der Waals surface area (Å²) in [6.45, 7) is 1.88. The minimum Gasteiger partial charge on any atom is -0.480 e. The predicted molar refractivity (Wildman–Crippen MR) is 74.3 cm³/mol. The summed E-state index contributed by atoms with van der Waals surface area (Å²) in [5, 5.41) is 0. The number of ether oxygens (including phenoxy) is 1. The van der Waals surface area contributed by atoms with Gasteiger partial charge in [-0.15, -0.1) is 0 Å². The molecule has 2 aromatic rings. The summed E-state index contributed by atoms with van der Waals surface area (Å²) < 4.78 is 6.00. The monoisotopic (exact) mass is 250 g/mol. The molecule has 1 heterocycles. The Hall–Kier alpha value is -2.35. The number of ketones is 1. The van der Waals surface area contributed by atoms with E-state index in [1.54, 1.807) is 0 Å². The maximum absolute atomic E-state index is 12.5. The molecule has 0 spiro atoms. The van der Waals surface area contributed by atoms with Gasteiger partial charge in [0.1, 0.15) is 5.75 Å². The zero-order chi connectivity index (χ0) is 13.2. The normalized spacial score (nSPS) is 19.9. The van der Waals surface area contributed by atoms with E-state index in [-0.39, 0.29) is 11.9 Å². The molecule has 1 atom stereocenters. The second-order valence-electron chi connectivity index (χ2n) is 4.48. The molecule has 1 aliphatic heterocycles. The zero-order valence-electron chi connectivity index (χ0n) is 10.7. The molecule has 0 N–H and O–H groups in total. The topological polar surface area (TPSA) is 26.3 Å². The van der Waals surface area contributed by atoms with Crippen LogP contribution in [0.3, 0.4) is 0 Å². The third-order valence-electron chi connectivity index (χ3n) is 3.33. The van der Waals surface area contributed by atoms with Gasteiger partial charge in [0.15, 0.2) is 11.9 Å². The number of Topliss-reactive ketones (excluding diaryl/α,β-unsaturated/α-hetero) is 1. The molecule has 3 rings (SSSR count). The van der Waals surface area contributed by atoms with Gasteiger partial charge in [0.2, 0.25) is 0 Å². The zero-order valence-corrected chi connectivity index (χ0v) is 10.7. The van der Waals surface area contributed by atoms with E-state index >= 15 is 0 Å². The summed E-state index contributed by atoms with van der Waals surface area (Å²) in [6, 6.07) is 17.2. The second kappa shape index (κ2) is 4.73. The average molecular weight is 250 g/mol. The van der Waals surface area contributed by atoms with E-state index in [0.29, 0.717) is 16.9 Å². The van der Waals surface area contributed by atoms with E-state index < -0.39 is 0 Å². The Morgan fingerprint density at radius 3 is 2.42 bits per heavy atom. The maximum atomic E-state index is 12.5. The first kappa shape index (κ1) is 11.7. The molecule has 1 aliphatic rings. The lowest BCUT2D eigenvalue weighted by Crippen LogP contribution is -2.23. The van der Waals surface area contributed by atoms with Crippen molar-refractivity contribution in [3.8, 4) is 5.75 Å². The van der Waals surface area contributed by atoms with Gasteiger partial charge in [0.05, 0.1) is 5.56 Å². The van der Waals surface area contributed by atoms with Crippen LogP contribution in [-0.4, -0.2) is 5.78 Å². The van der Waals surface area contributed by atoms with Gasteiger partial charge < -0.3 is 4.74 Å². The molecule has 19 heavy (non-hydrogen) atoms. The van der Waals surface area contributed by atoms with Crippen molar-refractivity contribution in [1.82, 2.24) is 0 Å². The number of para-hydroxylation sites is 1. The van der Waals surface area contributed by atoms with Crippen LogP contribution in [0.1, 0.15) is 28.9 Å². The Balaban J connectivity index is 2.11. The third kappa shape index (κ3) is 1.95. The Morgan fingerprint density at radius 2 is 1.68 bits per heavy atom. The van der Waals surface area contributed by atoms with Crippen molar-refractivity contribution in [2.24, 2.45) is 0 Å². The van der Waals surface area contributed by atoms with Crippen molar-refractivity contribution in [3.05, 3.63) is 77.4 Å². The van der Waals surface area contributed by atoms with Crippen LogP contribution in [0.25, 0.3) is 0 Å². The van der Waals surface area contributed by atoms with Gasteiger partial charge in [0, 0.05) is 5.57 Å². The first-order valence-corrected chi connectivity index (χ1v) is 6.33. The largest absolute Gasteiger partial charge is 0.480 e. The maximum Gasteiger partial charge on any atom is 0.196 e. The lowest BCUT2D eigenvalue weighted by atomic mass is 9.91. The van der Waals surface area contributed by atoms with Gasteiger partial charge >= 0.3 is 0 Å². The van der Waals surface area contributed by atoms with Crippen molar-refractivity contribution >= 4 is 5.78 Å². The fourth-order valence-corrected chi connectivity index (χ4v) is 2.38. The molecule has 2 nitrogen and oxygen atoms in total. The Morgan fingerprint density at radius 1 is 1.00 bits per heavy atom. The SMILES string of the molecule is CC=C1C(=O)c2ccccc2OC1c1ccccc1. The van der Waals surface area contributed by atoms with E-state index in [2.05, 4.69) is 0 Å². The van der Waals surface area contributed by atoms with Crippen molar-refractivity contribution in [2.75, 3.05) is 0 Å². The highest BCUT2D eigenvalue weighted by atomic mass is 16.5. The summed E-state index contributed by atoms with van der Waals surface area (Å²) in [4.78, 5) is 12.5. The van der Waals surface area contributed by atoms with E-state index in [1.165, 1.54) is 0 Å². The number of hydrogen-bond donors (Lipinski definition) is 0. The minimum atomic E-state index is -0.311. The van der Waals surface area contributed by atoms with Crippen molar-refractivity contribution in [2.45, 2.75) is 13.0 Å². The van der Waals surface area contributed by atoms with Crippen LogP contribution in [-0.2, 0) is 0 Å². The van der Waals surface area contributed by atoms with Gasteiger partial charge in [-0.25, -0.2) is 0 Å². The lowest BCUT2D eigenvalue weighted by molar-refractivity contribution is 0.0960. The van der Waals surface area contributed by atoms with Crippen LogP contribution in [0.2, 0.25) is 0 Å². The second-order valence-corrected chi connectivity index (χ2v) is 4.48. The molecule has 0 radical (unpaired) electrons. The summed E-state index contributed by atoms with van der Waals surface area (Å²) in [6.07, 6.45) is 1.53. The lowest BCUT2D eigenvalue weighted by Gasteiger charge is -2.27. The standard InChI is InChI=1S/C17H14O2/c1-2-13-16(18)14-10-6-7-11-15(14)19-17(13)12-8-4-3-5-9-12/h2-11,17H,1H3. The number of rotatable bonds is 1. The molecule has 0 aliphatic carbocycles. The van der Waals surface area contributed by atoms with Crippen LogP contribution in [0, 0.1) is 0 Å². The molecule has 2 aromatic carbocycles.